The van der Waals surface area contributed by atoms with Crippen LogP contribution < -0.4 is 4.74 Å². The van der Waals surface area contributed by atoms with E-state index in [0.717, 1.165) is 55.2 Å². The Morgan fingerprint density at radius 2 is 1.50 bits per heavy atom. The minimum atomic E-state index is -0.959. The summed E-state index contributed by atoms with van der Waals surface area (Å²) in [6.07, 6.45) is 8.97. The Hall–Kier alpha value is -5.16. The summed E-state index contributed by atoms with van der Waals surface area (Å²) >= 11 is 0. The second-order valence-corrected chi connectivity index (χ2v) is 9.64. The Labute approximate surface area is 232 Å². The molecule has 0 saturated carbocycles. The number of aromatic carboxylic acids is 1. The Morgan fingerprint density at radius 1 is 0.800 bits per heavy atom. The first-order valence-corrected chi connectivity index (χ1v) is 13.3. The summed E-state index contributed by atoms with van der Waals surface area (Å²) in [4.78, 5) is 19.5. The molecule has 0 bridgehead atoms. The van der Waals surface area contributed by atoms with Crippen LogP contribution in [0.15, 0.2) is 109 Å². The molecule has 0 saturated heterocycles. The third kappa shape index (κ3) is 5.09. The molecule has 5 nitrogen and oxygen atoms in total. The van der Waals surface area contributed by atoms with Crippen molar-refractivity contribution in [1.29, 1.82) is 0 Å². The second-order valence-electron chi connectivity index (χ2n) is 9.64. The van der Waals surface area contributed by atoms with Gasteiger partial charge in [-0.3, -0.25) is 4.98 Å². The number of ether oxygens (including phenoxy) is 1. The van der Waals surface area contributed by atoms with Gasteiger partial charge in [0.25, 0.3) is 0 Å². The maximum Gasteiger partial charge on any atom is 0.352 e. The minimum absolute atomic E-state index is 0.234. The molecule has 0 fully saturated rings. The van der Waals surface area contributed by atoms with Gasteiger partial charge in [-0.2, -0.15) is 0 Å². The van der Waals surface area contributed by atoms with Gasteiger partial charge in [-0.15, -0.1) is 0 Å². The van der Waals surface area contributed by atoms with E-state index in [2.05, 4.69) is 46.4 Å². The highest BCUT2D eigenvalue weighted by atomic mass is 16.5. The van der Waals surface area contributed by atoms with Crippen molar-refractivity contribution in [3.63, 3.8) is 0 Å². The van der Waals surface area contributed by atoms with Crippen molar-refractivity contribution >= 4 is 39.8 Å². The van der Waals surface area contributed by atoms with Crippen LogP contribution in [0.5, 0.6) is 5.75 Å². The maximum absolute atomic E-state index is 12.2. The molecule has 0 aliphatic rings. The van der Waals surface area contributed by atoms with Gasteiger partial charge in [0.2, 0.25) is 0 Å². The van der Waals surface area contributed by atoms with Crippen LogP contribution in [0, 0.1) is 0 Å². The van der Waals surface area contributed by atoms with E-state index in [4.69, 9.17) is 4.74 Å². The van der Waals surface area contributed by atoms with Crippen molar-refractivity contribution in [3.05, 3.63) is 132 Å². The van der Waals surface area contributed by atoms with E-state index < -0.39 is 5.97 Å². The largest absolute Gasteiger partial charge is 0.493 e. The third-order valence-electron chi connectivity index (χ3n) is 7.16. The van der Waals surface area contributed by atoms with Crippen molar-refractivity contribution in [3.8, 4) is 16.9 Å². The quantitative estimate of drug-likeness (QED) is 0.147. The van der Waals surface area contributed by atoms with Crippen molar-refractivity contribution < 1.29 is 14.6 Å². The summed E-state index contributed by atoms with van der Waals surface area (Å²) in [7, 11) is 0. The van der Waals surface area contributed by atoms with Gasteiger partial charge >= 0.3 is 5.97 Å². The molecule has 4 aromatic carbocycles. The predicted octanol–water partition coefficient (Wildman–Crippen LogP) is 8.26. The second kappa shape index (κ2) is 11.3. The first-order valence-electron chi connectivity index (χ1n) is 13.3. The lowest BCUT2D eigenvalue weighted by atomic mass is 9.99. The summed E-state index contributed by atoms with van der Waals surface area (Å²) in [5.41, 5.74) is 6.06. The van der Waals surface area contributed by atoms with E-state index in [1.807, 2.05) is 72.8 Å². The van der Waals surface area contributed by atoms with Gasteiger partial charge in [-0.05, 0) is 64.2 Å². The number of para-hydroxylation sites is 1. The lowest BCUT2D eigenvalue weighted by Crippen LogP contribution is -2.04. The zero-order chi connectivity index (χ0) is 27.3. The van der Waals surface area contributed by atoms with E-state index in [9.17, 15) is 9.90 Å². The van der Waals surface area contributed by atoms with Crippen LogP contribution in [0.2, 0.25) is 0 Å². The van der Waals surface area contributed by atoms with Gasteiger partial charge in [0, 0.05) is 23.2 Å². The van der Waals surface area contributed by atoms with Crippen LogP contribution in [0.4, 0.5) is 0 Å². The number of nitrogens with zero attached hydrogens (tertiary/aromatic N) is 1. The number of nitrogens with one attached hydrogen (secondary N) is 1. The smallest absolute Gasteiger partial charge is 0.352 e. The molecule has 0 unspecified atom stereocenters. The number of hydrogen-bond acceptors (Lipinski definition) is 3. The molecule has 0 spiro atoms. The fourth-order valence-corrected chi connectivity index (χ4v) is 5.25. The van der Waals surface area contributed by atoms with Gasteiger partial charge in [0.05, 0.1) is 12.1 Å². The number of fused-ring (bicyclic) bond motifs is 2. The first-order chi connectivity index (χ1) is 19.7. The molecule has 2 heterocycles. The molecule has 196 valence electrons. The number of aryl methyl sites for hydroxylation is 1. The normalized spacial score (nSPS) is 11.4. The lowest BCUT2D eigenvalue weighted by molar-refractivity contribution is 0.0690. The Morgan fingerprint density at radius 3 is 2.38 bits per heavy atom. The molecule has 40 heavy (non-hydrogen) atoms. The molecule has 0 aliphatic heterocycles. The summed E-state index contributed by atoms with van der Waals surface area (Å²) in [5.74, 6) is -0.117. The first kappa shape index (κ1) is 25.1. The molecule has 0 aliphatic carbocycles. The summed E-state index contributed by atoms with van der Waals surface area (Å²) < 4.78 is 6.12. The molecule has 2 N–H and O–H groups in total. The molecular formula is C35H28N2O3. The fraction of sp³-hybridized carbons (Fsp3) is 0.0857. The number of H-pyrrole nitrogens is 1. The van der Waals surface area contributed by atoms with Gasteiger partial charge in [0.1, 0.15) is 11.4 Å². The van der Waals surface area contributed by atoms with Crippen LogP contribution in [0.25, 0.3) is 45.0 Å². The van der Waals surface area contributed by atoms with Crippen molar-refractivity contribution in [2.75, 3.05) is 6.61 Å². The molecule has 6 rings (SSSR count). The molecule has 0 amide bonds. The van der Waals surface area contributed by atoms with Crippen LogP contribution in [0.3, 0.4) is 0 Å². The highest BCUT2D eigenvalue weighted by Crippen LogP contribution is 2.30. The Kier molecular flexibility index (Phi) is 7.10. The fourth-order valence-electron chi connectivity index (χ4n) is 5.25. The molecular weight excluding hydrogens is 496 g/mol. The topological polar surface area (TPSA) is 75.2 Å². The molecule has 0 radical (unpaired) electrons. The SMILES string of the molecule is O=C(O)c1[nH]c2c(C=Cc3ccccc3-c3ccncc3)cccc2c1CCCOc1cccc2ccccc12. The number of carboxylic acid groups (broad SMARTS) is 1. The highest BCUT2D eigenvalue weighted by Gasteiger charge is 2.18. The Balaban J connectivity index is 1.25. The van der Waals surface area contributed by atoms with Crippen molar-refractivity contribution in [2.45, 2.75) is 12.8 Å². The number of benzene rings is 4. The summed E-state index contributed by atoms with van der Waals surface area (Å²) in [5, 5.41) is 13.1. The zero-order valence-corrected chi connectivity index (χ0v) is 21.9. The van der Waals surface area contributed by atoms with E-state index in [1.165, 1.54) is 0 Å². The van der Waals surface area contributed by atoms with Gasteiger partial charge in [0.15, 0.2) is 0 Å². The average Bonchev–Trinajstić information content (AvgIpc) is 3.38. The van der Waals surface area contributed by atoms with E-state index in [-0.39, 0.29) is 5.69 Å². The van der Waals surface area contributed by atoms with Crippen LogP contribution in [-0.4, -0.2) is 27.7 Å². The number of pyridine rings is 1. The van der Waals surface area contributed by atoms with E-state index >= 15 is 0 Å². The minimum Gasteiger partial charge on any atom is -0.493 e. The van der Waals surface area contributed by atoms with Crippen LogP contribution in [-0.2, 0) is 6.42 Å². The number of carbonyl (C=O) groups is 1. The average molecular weight is 525 g/mol. The zero-order valence-electron chi connectivity index (χ0n) is 21.9. The van der Waals surface area contributed by atoms with E-state index in [0.29, 0.717) is 19.4 Å². The molecule has 0 atom stereocenters. The maximum atomic E-state index is 12.2. The van der Waals surface area contributed by atoms with Crippen LogP contribution >= 0.6 is 0 Å². The van der Waals surface area contributed by atoms with Crippen molar-refractivity contribution in [2.24, 2.45) is 0 Å². The number of rotatable bonds is 9. The molecule has 6 aromatic rings. The molecule has 5 heteroatoms. The number of aromatic nitrogens is 2. The standard InChI is InChI=1S/C35H28N2O3/c38-35(39)34-31(15-7-23-40-32-16-6-10-24-8-2-4-13-29(24)32)30-14-5-11-27(33(30)37-34)18-17-25-9-1-3-12-28(25)26-19-21-36-22-20-26/h1-6,8-14,16-22,37H,7,15,23H2,(H,38,39). The number of carboxylic acids is 1. The van der Waals surface area contributed by atoms with E-state index in [1.54, 1.807) is 12.4 Å². The summed E-state index contributed by atoms with van der Waals surface area (Å²) in [6.45, 7) is 0.491. The van der Waals surface area contributed by atoms with Crippen LogP contribution in [0.1, 0.15) is 33.6 Å². The van der Waals surface area contributed by atoms with Crippen molar-refractivity contribution in [1.82, 2.24) is 9.97 Å². The number of aromatic amines is 1. The van der Waals surface area contributed by atoms with Gasteiger partial charge < -0.3 is 14.8 Å². The Bertz CT molecular complexity index is 1830. The third-order valence-corrected chi connectivity index (χ3v) is 7.16. The highest BCUT2D eigenvalue weighted by molar-refractivity contribution is 6.01. The molecule has 2 aromatic heterocycles. The monoisotopic (exact) mass is 524 g/mol. The number of hydrogen-bond donors (Lipinski definition) is 2. The summed E-state index contributed by atoms with van der Waals surface area (Å²) in [6, 6.07) is 32.3. The predicted molar refractivity (Wildman–Crippen MR) is 162 cm³/mol. The van der Waals surface area contributed by atoms with Gasteiger partial charge in [-0.1, -0.05) is 91.0 Å². The lowest BCUT2D eigenvalue weighted by Gasteiger charge is -2.09. The van der Waals surface area contributed by atoms with Gasteiger partial charge in [-0.25, -0.2) is 4.79 Å².